The van der Waals surface area contributed by atoms with E-state index in [1.54, 1.807) is 18.1 Å². The molecule has 4 rings (SSSR count). The van der Waals surface area contributed by atoms with Gasteiger partial charge in [-0.1, -0.05) is 49.3 Å². The number of hydrogen-bond donors (Lipinski definition) is 3. The minimum Gasteiger partial charge on any atom is -0.457 e. The summed E-state index contributed by atoms with van der Waals surface area (Å²) in [5.41, 5.74) is 9.56. The number of rotatable bonds is 9. The fourth-order valence-corrected chi connectivity index (χ4v) is 3.63. The summed E-state index contributed by atoms with van der Waals surface area (Å²) in [7, 11) is 0. The molecule has 168 valence electrons. The molecule has 8 heteroatoms. The average Bonchev–Trinajstić information content (AvgIpc) is 3.10. The molecule has 1 aliphatic rings. The highest BCUT2D eigenvalue weighted by atomic mass is 32.2. The van der Waals surface area contributed by atoms with E-state index in [0.29, 0.717) is 12.4 Å². The number of nitrogen functional groups attached to an aromatic ring is 1. The van der Waals surface area contributed by atoms with Gasteiger partial charge in [-0.2, -0.15) is 4.98 Å². The number of hydrogen-bond acceptors (Lipinski definition) is 8. The summed E-state index contributed by atoms with van der Waals surface area (Å²) in [5.74, 6) is 3.34. The first-order valence-electron chi connectivity index (χ1n) is 10.7. The van der Waals surface area contributed by atoms with E-state index >= 15 is 0 Å². The van der Waals surface area contributed by atoms with Crippen molar-refractivity contribution in [1.82, 2.24) is 19.7 Å². The van der Waals surface area contributed by atoms with Crippen molar-refractivity contribution in [2.24, 2.45) is 0 Å². The molecule has 0 radical (unpaired) electrons. The first-order valence-corrected chi connectivity index (χ1v) is 11.7. The zero-order valence-corrected chi connectivity index (χ0v) is 19.2. The maximum absolute atomic E-state index is 5.99. The highest BCUT2D eigenvalue weighted by Crippen LogP contribution is 2.26. The standard InChI is InChI=1S/C25H26N6OS/c1-2-33-28-17-20-15-22(13-14-27-20)32-21-11-9-19(10-12-21)29-24-16-23(30-25(26)31-24)18-7-5-3-4-6-8-18/h3-5,7-16,28H,2,6,17H2,1H3,(H3,26,29,30,31). The SMILES string of the molecule is CCSNCc1cc(Oc2ccc(Nc3cc(C4=CCC=CC=C4)nc(N)n3)cc2)ccn1. The molecule has 0 saturated heterocycles. The second-order valence-corrected chi connectivity index (χ2v) is 8.32. The van der Waals surface area contributed by atoms with Crippen molar-refractivity contribution < 1.29 is 4.74 Å². The molecule has 7 nitrogen and oxygen atoms in total. The largest absolute Gasteiger partial charge is 0.457 e. The Labute approximate surface area is 198 Å². The number of allylic oxidation sites excluding steroid dienone is 6. The molecular formula is C25H26N6OS. The van der Waals surface area contributed by atoms with Crippen LogP contribution in [0.25, 0.3) is 5.57 Å². The van der Waals surface area contributed by atoms with Crippen molar-refractivity contribution in [2.45, 2.75) is 19.9 Å². The third kappa shape index (κ3) is 6.68. The molecule has 0 aliphatic heterocycles. The Morgan fingerprint density at radius 2 is 1.94 bits per heavy atom. The van der Waals surface area contributed by atoms with E-state index in [1.807, 2.05) is 60.7 Å². The molecule has 2 heterocycles. The molecule has 0 saturated carbocycles. The predicted octanol–water partition coefficient (Wildman–Crippen LogP) is 5.65. The number of aromatic nitrogens is 3. The minimum atomic E-state index is 0.224. The van der Waals surface area contributed by atoms with Gasteiger partial charge in [0.25, 0.3) is 0 Å². The predicted molar refractivity (Wildman–Crippen MR) is 136 cm³/mol. The highest BCUT2D eigenvalue weighted by Gasteiger charge is 2.07. The fourth-order valence-electron chi connectivity index (χ4n) is 3.18. The van der Waals surface area contributed by atoms with Crippen molar-refractivity contribution in [3.63, 3.8) is 0 Å². The maximum atomic E-state index is 5.99. The Bertz CT molecular complexity index is 1170. The lowest BCUT2D eigenvalue weighted by Crippen LogP contribution is -2.05. The lowest BCUT2D eigenvalue weighted by atomic mass is 10.1. The molecular weight excluding hydrogens is 432 g/mol. The maximum Gasteiger partial charge on any atom is 0.222 e. The molecule has 33 heavy (non-hydrogen) atoms. The lowest BCUT2D eigenvalue weighted by Gasteiger charge is -2.11. The Hall–Kier alpha value is -3.62. The Morgan fingerprint density at radius 1 is 1.06 bits per heavy atom. The monoisotopic (exact) mass is 458 g/mol. The van der Waals surface area contributed by atoms with Crippen molar-refractivity contribution >= 4 is 35.0 Å². The van der Waals surface area contributed by atoms with Gasteiger partial charge in [-0.3, -0.25) is 9.71 Å². The molecule has 1 aromatic carbocycles. The van der Waals surface area contributed by atoms with Crippen molar-refractivity contribution in [1.29, 1.82) is 0 Å². The normalized spacial score (nSPS) is 12.8. The molecule has 0 atom stereocenters. The third-order valence-electron chi connectivity index (χ3n) is 4.69. The van der Waals surface area contributed by atoms with Gasteiger partial charge in [-0.15, -0.1) is 0 Å². The van der Waals surface area contributed by atoms with Crippen molar-refractivity contribution in [3.05, 3.63) is 90.4 Å². The van der Waals surface area contributed by atoms with Gasteiger partial charge in [-0.05, 0) is 42.3 Å². The van der Waals surface area contributed by atoms with Crippen LogP contribution in [-0.4, -0.2) is 20.7 Å². The van der Waals surface area contributed by atoms with Crippen molar-refractivity contribution in [2.75, 3.05) is 16.8 Å². The minimum absolute atomic E-state index is 0.224. The van der Waals surface area contributed by atoms with E-state index in [2.05, 4.69) is 44.1 Å². The molecule has 0 unspecified atom stereocenters. The molecule has 3 aromatic rings. The van der Waals surface area contributed by atoms with E-state index in [-0.39, 0.29) is 5.95 Å². The highest BCUT2D eigenvalue weighted by molar-refractivity contribution is 7.97. The number of ether oxygens (including phenoxy) is 1. The topological polar surface area (TPSA) is 98.0 Å². The third-order valence-corrected chi connectivity index (χ3v) is 5.32. The van der Waals surface area contributed by atoms with Gasteiger partial charge < -0.3 is 15.8 Å². The quantitative estimate of drug-likeness (QED) is 0.280. The van der Waals surface area contributed by atoms with Gasteiger partial charge in [0.15, 0.2) is 0 Å². The van der Waals surface area contributed by atoms with Crippen LogP contribution in [0.1, 0.15) is 24.7 Å². The number of pyridine rings is 1. The molecule has 0 fully saturated rings. The molecule has 0 bridgehead atoms. The first kappa shape index (κ1) is 22.6. The summed E-state index contributed by atoms with van der Waals surface area (Å²) in [5, 5.41) is 3.29. The van der Waals surface area contributed by atoms with E-state index in [0.717, 1.165) is 46.3 Å². The molecule has 0 spiro atoms. The van der Waals surface area contributed by atoms with Crippen LogP contribution in [0.3, 0.4) is 0 Å². The van der Waals surface area contributed by atoms with Crippen LogP contribution in [0.5, 0.6) is 11.5 Å². The summed E-state index contributed by atoms with van der Waals surface area (Å²) < 4.78 is 9.26. The summed E-state index contributed by atoms with van der Waals surface area (Å²) in [6, 6.07) is 13.4. The summed E-state index contributed by atoms with van der Waals surface area (Å²) in [4.78, 5) is 13.1. The summed E-state index contributed by atoms with van der Waals surface area (Å²) in [6.45, 7) is 2.79. The Balaban J connectivity index is 1.42. The Kier molecular flexibility index (Phi) is 7.73. The number of nitrogens with one attached hydrogen (secondary N) is 2. The number of benzene rings is 1. The van der Waals surface area contributed by atoms with E-state index in [1.165, 1.54) is 0 Å². The average molecular weight is 459 g/mol. The Morgan fingerprint density at radius 3 is 2.79 bits per heavy atom. The zero-order valence-electron chi connectivity index (χ0n) is 18.4. The van der Waals surface area contributed by atoms with Gasteiger partial charge in [-0.25, -0.2) is 4.98 Å². The van der Waals surface area contributed by atoms with Crippen LogP contribution in [0.15, 0.2) is 79.0 Å². The van der Waals surface area contributed by atoms with E-state index in [4.69, 9.17) is 10.5 Å². The second-order valence-electron chi connectivity index (χ2n) is 7.17. The van der Waals surface area contributed by atoms with Gasteiger partial charge in [0.1, 0.15) is 17.3 Å². The summed E-state index contributed by atoms with van der Waals surface area (Å²) >= 11 is 1.66. The van der Waals surface area contributed by atoms with Crippen LogP contribution in [0.4, 0.5) is 17.5 Å². The van der Waals surface area contributed by atoms with E-state index in [9.17, 15) is 0 Å². The molecule has 0 amide bonds. The van der Waals surface area contributed by atoms with Crippen LogP contribution in [-0.2, 0) is 6.54 Å². The first-order chi connectivity index (χ1) is 16.2. The van der Waals surface area contributed by atoms with Gasteiger partial charge in [0, 0.05) is 36.3 Å². The number of nitrogens with zero attached hydrogens (tertiary/aromatic N) is 3. The van der Waals surface area contributed by atoms with Crippen LogP contribution >= 0.6 is 11.9 Å². The smallest absolute Gasteiger partial charge is 0.222 e. The molecule has 4 N–H and O–H groups in total. The van der Waals surface area contributed by atoms with Crippen molar-refractivity contribution in [3.8, 4) is 11.5 Å². The van der Waals surface area contributed by atoms with Crippen LogP contribution < -0.4 is 20.5 Å². The van der Waals surface area contributed by atoms with Crippen LogP contribution in [0.2, 0.25) is 0 Å². The van der Waals surface area contributed by atoms with Gasteiger partial charge in [0.2, 0.25) is 5.95 Å². The summed E-state index contributed by atoms with van der Waals surface area (Å²) in [6.07, 6.45) is 12.8. The zero-order chi connectivity index (χ0) is 22.9. The number of nitrogens with two attached hydrogens (primary N) is 1. The van der Waals surface area contributed by atoms with E-state index < -0.39 is 0 Å². The molecule has 1 aliphatic carbocycles. The number of anilines is 3. The lowest BCUT2D eigenvalue weighted by molar-refractivity contribution is 0.481. The van der Waals surface area contributed by atoms with Gasteiger partial charge in [0.05, 0.1) is 11.4 Å². The fraction of sp³-hybridized carbons (Fsp3) is 0.160. The van der Waals surface area contributed by atoms with Crippen LogP contribution in [0, 0.1) is 0 Å². The molecule has 2 aromatic heterocycles. The second kappa shape index (κ2) is 11.3. The van der Waals surface area contributed by atoms with Gasteiger partial charge >= 0.3 is 0 Å².